The molecule has 94 valence electrons. The van der Waals surface area contributed by atoms with Crippen LogP contribution in [0.15, 0.2) is 36.3 Å². The van der Waals surface area contributed by atoms with Gasteiger partial charge < -0.3 is 10.0 Å². The largest absolute Gasteiger partial charge is 0.497 e. The number of carbonyl (C=O) groups is 1. The zero-order valence-corrected chi connectivity index (χ0v) is 8.84. The van der Waals surface area contributed by atoms with Gasteiger partial charge in [-0.05, 0) is 34.8 Å². The number of nitrogens with one attached hydrogen (secondary N) is 1. The van der Waals surface area contributed by atoms with Crippen molar-refractivity contribution in [3.05, 3.63) is 41.8 Å². The highest BCUT2D eigenvalue weighted by Crippen LogP contribution is 2.24. The first-order valence-electron chi connectivity index (χ1n) is 12.7. The van der Waals surface area contributed by atoms with Gasteiger partial charge in [-0.3, -0.25) is 4.79 Å². The number of hydrogen-bond acceptors (Lipinski definition) is 2. The Kier molecular flexibility index (Phi) is 1.01. The second-order valence-corrected chi connectivity index (χ2v) is 3.04. The number of amides is 1. The average molecular weight is 259 g/mol. The number of rotatable bonds is 4. The number of benzene rings is 2. The van der Waals surface area contributed by atoms with Gasteiger partial charge in [-0.2, -0.15) is 0 Å². The van der Waals surface area contributed by atoms with Crippen molar-refractivity contribution < 1.29 is 31.5 Å². The summed E-state index contributed by atoms with van der Waals surface area (Å²) in [5, 5.41) is -2.04. The molecule has 0 radical (unpaired) electrons. The van der Waals surface area contributed by atoms with Crippen LogP contribution in [0.2, 0.25) is 1.41 Å². The molecule has 0 heterocycles. The van der Waals surface area contributed by atoms with E-state index in [1.54, 1.807) is 0 Å². The second-order valence-electron chi connectivity index (χ2n) is 3.04. The van der Waals surface area contributed by atoms with E-state index in [0.29, 0.717) is 0 Å². The van der Waals surface area contributed by atoms with Gasteiger partial charge >= 0.3 is 0 Å². The zero-order chi connectivity index (χ0) is 26.7. The van der Waals surface area contributed by atoms with Crippen molar-refractivity contribution >= 4 is 16.7 Å². The van der Waals surface area contributed by atoms with Gasteiger partial charge in [0.25, 0.3) is 0 Å². The summed E-state index contributed by atoms with van der Waals surface area (Å²) in [6, 6.07) is -5.65. The Labute approximate surface area is 129 Å². The highest BCUT2D eigenvalue weighted by molar-refractivity contribution is 5.87. The molecule has 1 N–H and O–H groups in total. The number of ether oxygens (including phenoxy) is 1. The summed E-state index contributed by atoms with van der Waals surface area (Å²) in [5.41, 5.74) is -0.898. The Bertz CT molecular complexity index is 1150. The summed E-state index contributed by atoms with van der Waals surface area (Å²) >= 11 is 0. The molecule has 2 aromatic carbocycles. The lowest BCUT2D eigenvalue weighted by molar-refractivity contribution is -0.118. The average Bonchev–Trinajstić information content (AvgIpc) is 2.70. The monoisotopic (exact) mass is 259 g/mol. The molecule has 0 aromatic heterocycles. The van der Waals surface area contributed by atoms with Gasteiger partial charge in [0.15, 0.2) is 1.41 Å². The van der Waals surface area contributed by atoms with Crippen LogP contribution in [-0.2, 0) is 11.2 Å². The molecule has 0 spiro atoms. The maximum atomic E-state index is 12.0. The Morgan fingerprint density at radius 2 is 2.50 bits per heavy atom. The van der Waals surface area contributed by atoms with Crippen molar-refractivity contribution in [3.8, 4) is 5.75 Å². The minimum absolute atomic E-state index is 0.634. The van der Waals surface area contributed by atoms with E-state index < -0.39 is 96.3 Å². The van der Waals surface area contributed by atoms with E-state index in [4.69, 9.17) is 22.0 Å². The van der Waals surface area contributed by atoms with Crippen LogP contribution in [0.3, 0.4) is 0 Å². The van der Waals surface area contributed by atoms with Gasteiger partial charge in [0.05, 0.1) is 19.4 Å². The summed E-state index contributed by atoms with van der Waals surface area (Å²) in [4.78, 5) is 12.0. The predicted molar refractivity (Wildman–Crippen MR) is 72.9 cm³/mol. The molecular formula is C15H17NO2. The van der Waals surface area contributed by atoms with E-state index in [-0.39, 0.29) is 0 Å². The molecule has 2 aromatic rings. The fourth-order valence-electron chi connectivity index (χ4n) is 1.22. The fraction of sp³-hybridized carbons (Fsp3) is 0.267. The number of fused-ring (bicyclic) bond motifs is 1. The van der Waals surface area contributed by atoms with Gasteiger partial charge in [-0.25, -0.2) is 0 Å². The van der Waals surface area contributed by atoms with Crippen LogP contribution in [0.25, 0.3) is 10.8 Å². The standard InChI is InChI=1S/C15H17NO2/c1-11(17)16-9-8-13-5-3-4-12-6-7-14(18-2)10-15(12)13/h3-7,10H,8-9H2,1-2H3,(H,16,17)/i1D3,2D3,3D,4D,5D,6D,7D,8D,9D2,10D/hD. The molecule has 1 unspecified atom stereocenters. The van der Waals surface area contributed by atoms with Crippen LogP contribution in [0.4, 0.5) is 0 Å². The van der Waals surface area contributed by atoms with Gasteiger partial charge in [0.1, 0.15) is 5.75 Å². The van der Waals surface area contributed by atoms with Crippen molar-refractivity contribution in [2.75, 3.05) is 13.5 Å². The van der Waals surface area contributed by atoms with E-state index in [1.807, 2.05) is 0 Å². The highest BCUT2D eigenvalue weighted by atomic mass is 16.5. The van der Waals surface area contributed by atoms with Crippen LogP contribution in [-0.4, -0.2) is 19.4 Å². The third-order valence-corrected chi connectivity index (χ3v) is 1.92. The predicted octanol–water partition coefficient (Wildman–Crippen LogP) is 2.53. The van der Waals surface area contributed by atoms with E-state index >= 15 is 0 Å². The molecule has 3 heteroatoms. The van der Waals surface area contributed by atoms with Crippen molar-refractivity contribution in [1.29, 1.82) is 0 Å². The molecule has 0 saturated heterocycles. The lowest BCUT2D eigenvalue weighted by atomic mass is 10.0. The lowest BCUT2D eigenvalue weighted by Crippen LogP contribution is -2.22. The van der Waals surface area contributed by atoms with Gasteiger partial charge in [0.2, 0.25) is 5.91 Å². The number of aryl methyl sites for hydroxylation is 1. The van der Waals surface area contributed by atoms with Crippen LogP contribution < -0.4 is 10.0 Å². The van der Waals surface area contributed by atoms with Crippen molar-refractivity contribution in [2.45, 2.75) is 13.2 Å². The summed E-state index contributed by atoms with van der Waals surface area (Å²) in [6.07, 6.45) is -2.53. The summed E-state index contributed by atoms with van der Waals surface area (Å²) in [6.45, 7) is -6.93. The Morgan fingerprint density at radius 3 is 3.33 bits per heavy atom. The summed E-state index contributed by atoms with van der Waals surface area (Å²) in [5.74, 6) is -3.00. The molecular weight excluding hydrogens is 226 g/mol. The molecule has 2 rings (SSSR count). The fourth-order valence-corrected chi connectivity index (χ4v) is 1.22. The van der Waals surface area contributed by atoms with Crippen LogP contribution in [0.1, 0.15) is 33.0 Å². The maximum absolute atomic E-state index is 12.0. The van der Waals surface area contributed by atoms with Gasteiger partial charge in [0, 0.05) is 21.6 Å². The first-order chi connectivity index (χ1) is 15.2. The van der Waals surface area contributed by atoms with E-state index in [2.05, 4.69) is 4.74 Å². The van der Waals surface area contributed by atoms with E-state index in [0.717, 1.165) is 0 Å². The van der Waals surface area contributed by atoms with Gasteiger partial charge in [-0.1, -0.05) is 24.2 Å². The minimum atomic E-state index is -3.47. The number of methoxy groups -OCH3 is 1. The highest BCUT2D eigenvalue weighted by Gasteiger charge is 2.03. The first kappa shape index (κ1) is 3.29. The van der Waals surface area contributed by atoms with E-state index in [1.165, 1.54) is 0 Å². The molecule has 18 heavy (non-hydrogen) atoms. The summed E-state index contributed by atoms with van der Waals surface area (Å²) in [7, 11) is -3.20. The third kappa shape index (κ3) is 2.80. The SMILES string of the molecule is [2H]c1c([2H])c(C([2H])C([2H])([2H])N([2H])C(=O)C([2H])([2H])[2H])c2c([2H])c(OC([2H])([2H])[2H])c([2H])c([2H])c2c1[2H]. The molecule has 1 amide bonds. The smallest absolute Gasteiger partial charge is 0.216 e. The van der Waals surface area contributed by atoms with Crippen molar-refractivity contribution in [2.24, 2.45) is 0 Å². The number of hydrogen-bond donors (Lipinski definition) is 1. The normalized spacial score (nSPS) is 27.1. The van der Waals surface area contributed by atoms with Crippen molar-refractivity contribution in [3.63, 3.8) is 0 Å². The molecule has 0 aliphatic rings. The molecule has 0 aliphatic heterocycles. The molecule has 0 bridgehead atoms. The number of carbonyl (C=O) groups excluding carboxylic acids is 1. The molecule has 0 aliphatic carbocycles. The quantitative estimate of drug-likeness (QED) is 0.916. The van der Waals surface area contributed by atoms with Gasteiger partial charge in [-0.15, -0.1) is 0 Å². The topological polar surface area (TPSA) is 38.3 Å². The first-order valence-corrected chi connectivity index (χ1v) is 4.64. The van der Waals surface area contributed by atoms with Crippen molar-refractivity contribution in [1.82, 2.24) is 5.31 Å². The Morgan fingerprint density at radius 1 is 1.56 bits per heavy atom. The molecule has 0 fully saturated rings. The zero-order valence-electron chi connectivity index (χ0n) is 24.8. The Hall–Kier alpha value is -2.03. The third-order valence-electron chi connectivity index (χ3n) is 1.92. The molecule has 1 atom stereocenters. The Balaban J connectivity index is 2.99. The summed E-state index contributed by atoms with van der Waals surface area (Å²) < 4.78 is 128. The van der Waals surface area contributed by atoms with Crippen LogP contribution in [0.5, 0.6) is 5.75 Å². The van der Waals surface area contributed by atoms with Crippen LogP contribution in [0, 0.1) is 0 Å². The minimum Gasteiger partial charge on any atom is -0.497 e. The van der Waals surface area contributed by atoms with E-state index in [9.17, 15) is 4.79 Å². The van der Waals surface area contributed by atoms with Crippen LogP contribution >= 0.6 is 0 Å². The lowest BCUT2D eigenvalue weighted by Gasteiger charge is -2.08. The molecule has 3 nitrogen and oxygen atoms in total. The maximum Gasteiger partial charge on any atom is 0.216 e. The second kappa shape index (κ2) is 5.54. The molecule has 0 saturated carbocycles.